The summed E-state index contributed by atoms with van der Waals surface area (Å²) in [5.41, 5.74) is 3.27. The summed E-state index contributed by atoms with van der Waals surface area (Å²) in [5.74, 6) is -0.356. The van der Waals surface area contributed by atoms with E-state index in [1.807, 2.05) is 13.0 Å². The maximum atomic E-state index is 13.5. The van der Waals surface area contributed by atoms with Gasteiger partial charge >= 0.3 is 0 Å². The summed E-state index contributed by atoms with van der Waals surface area (Å²) >= 11 is 0. The van der Waals surface area contributed by atoms with E-state index >= 15 is 0 Å². The van der Waals surface area contributed by atoms with E-state index in [-0.39, 0.29) is 29.6 Å². The van der Waals surface area contributed by atoms with Gasteiger partial charge in [-0.3, -0.25) is 19.2 Å². The van der Waals surface area contributed by atoms with Crippen molar-refractivity contribution in [3.8, 4) is 5.75 Å². The second-order valence-electron chi connectivity index (χ2n) is 8.80. The molecular formula is C25H33N3O6S. The first-order valence-corrected chi connectivity index (χ1v) is 13.7. The van der Waals surface area contributed by atoms with Crippen molar-refractivity contribution < 1.29 is 22.9 Å². The molecule has 9 nitrogen and oxygen atoms in total. The van der Waals surface area contributed by atoms with Gasteiger partial charge in [-0.2, -0.15) is 0 Å². The standard InChI is InChI=1S/C25H33N3O6S/c1-5-21(19-12-11-17-9-7-8-10-18(17)15-19)26-25(29)22(6-2)27(35(4,32)33)23-16-20(28(30)31)13-14-24(23)34-3/h11-16,21-22H,5-10H2,1-4H3,(H,26,29)/t21-,22+/m1/s1. The number of carbonyl (C=O) groups is 1. The van der Waals surface area contributed by atoms with Crippen molar-refractivity contribution in [3.63, 3.8) is 0 Å². The van der Waals surface area contributed by atoms with Gasteiger partial charge in [-0.1, -0.05) is 32.0 Å². The minimum atomic E-state index is -4.00. The third-order valence-corrected chi connectivity index (χ3v) is 7.61. The number of ether oxygens (including phenoxy) is 1. The molecule has 0 spiro atoms. The molecule has 2 aromatic rings. The normalized spacial score (nSPS) is 15.0. The molecule has 1 aliphatic carbocycles. The topological polar surface area (TPSA) is 119 Å². The van der Waals surface area contributed by atoms with Crippen LogP contribution in [-0.4, -0.2) is 38.7 Å². The fourth-order valence-electron chi connectivity index (χ4n) is 4.66. The van der Waals surface area contributed by atoms with Gasteiger partial charge in [0.15, 0.2) is 0 Å². The lowest BCUT2D eigenvalue weighted by atomic mass is 9.88. The predicted molar refractivity (Wildman–Crippen MR) is 135 cm³/mol. The van der Waals surface area contributed by atoms with Gasteiger partial charge < -0.3 is 10.1 Å². The van der Waals surface area contributed by atoms with E-state index in [0.29, 0.717) is 6.42 Å². The summed E-state index contributed by atoms with van der Waals surface area (Å²) in [6.07, 6.45) is 6.16. The molecule has 1 N–H and O–H groups in total. The summed E-state index contributed by atoms with van der Waals surface area (Å²) < 4.78 is 32.0. The Labute approximate surface area is 206 Å². The maximum Gasteiger partial charge on any atom is 0.271 e. The molecule has 0 aromatic heterocycles. The fraction of sp³-hybridized carbons (Fsp3) is 0.480. The number of nitrogens with zero attached hydrogens (tertiary/aromatic N) is 2. The zero-order valence-electron chi connectivity index (χ0n) is 20.6. The fourth-order valence-corrected chi connectivity index (χ4v) is 5.87. The lowest BCUT2D eigenvalue weighted by Gasteiger charge is -2.32. The van der Waals surface area contributed by atoms with Crippen LogP contribution in [0.25, 0.3) is 0 Å². The number of sulfonamides is 1. The first-order chi connectivity index (χ1) is 16.6. The van der Waals surface area contributed by atoms with Crippen LogP contribution < -0.4 is 14.4 Å². The minimum Gasteiger partial charge on any atom is -0.495 e. The Morgan fingerprint density at radius 2 is 1.80 bits per heavy atom. The van der Waals surface area contributed by atoms with Crippen LogP contribution in [0, 0.1) is 10.1 Å². The zero-order valence-corrected chi connectivity index (χ0v) is 21.4. The smallest absolute Gasteiger partial charge is 0.271 e. The van der Waals surface area contributed by atoms with Gasteiger partial charge in [0, 0.05) is 12.1 Å². The number of aryl methyl sites for hydroxylation is 2. The highest BCUT2D eigenvalue weighted by Gasteiger charge is 2.35. The van der Waals surface area contributed by atoms with Crippen molar-refractivity contribution in [3.05, 3.63) is 63.2 Å². The van der Waals surface area contributed by atoms with E-state index in [0.717, 1.165) is 41.5 Å². The van der Waals surface area contributed by atoms with Crippen molar-refractivity contribution in [2.24, 2.45) is 0 Å². The lowest BCUT2D eigenvalue weighted by Crippen LogP contribution is -2.50. The number of non-ortho nitro benzene ring substituents is 1. The van der Waals surface area contributed by atoms with Crippen LogP contribution in [0.15, 0.2) is 36.4 Å². The molecular weight excluding hydrogens is 470 g/mol. The summed E-state index contributed by atoms with van der Waals surface area (Å²) in [6.45, 7) is 3.66. The molecule has 190 valence electrons. The number of carbonyl (C=O) groups excluding carboxylic acids is 1. The molecule has 0 radical (unpaired) electrons. The molecule has 0 unspecified atom stereocenters. The molecule has 1 amide bonds. The van der Waals surface area contributed by atoms with Crippen molar-refractivity contribution >= 4 is 27.3 Å². The highest BCUT2D eigenvalue weighted by atomic mass is 32.2. The monoisotopic (exact) mass is 503 g/mol. The highest BCUT2D eigenvalue weighted by Crippen LogP contribution is 2.36. The SMILES string of the molecule is CC[C@@H](NC(=O)[C@H](CC)N(c1cc([N+](=O)[O-])ccc1OC)S(C)(=O)=O)c1ccc2c(c1)CCCC2. The summed E-state index contributed by atoms with van der Waals surface area (Å²) in [6, 6.07) is 8.55. The van der Waals surface area contributed by atoms with E-state index in [1.54, 1.807) is 6.92 Å². The van der Waals surface area contributed by atoms with Gasteiger partial charge in [-0.15, -0.1) is 0 Å². The van der Waals surface area contributed by atoms with Crippen LogP contribution in [0.5, 0.6) is 5.75 Å². The second kappa shape index (κ2) is 11.1. The van der Waals surface area contributed by atoms with Crippen LogP contribution in [0.1, 0.15) is 62.3 Å². The number of nitro benzene ring substituents is 1. The molecule has 0 saturated carbocycles. The van der Waals surface area contributed by atoms with Gasteiger partial charge in [0.05, 0.1) is 24.3 Å². The number of methoxy groups -OCH3 is 1. The molecule has 0 bridgehead atoms. The molecule has 10 heteroatoms. The van der Waals surface area contributed by atoms with Gasteiger partial charge in [0.1, 0.15) is 17.5 Å². The zero-order chi connectivity index (χ0) is 25.8. The Morgan fingerprint density at radius 3 is 2.37 bits per heavy atom. The predicted octanol–water partition coefficient (Wildman–Crippen LogP) is 4.29. The average Bonchev–Trinajstić information content (AvgIpc) is 2.84. The second-order valence-corrected chi connectivity index (χ2v) is 10.7. The van der Waals surface area contributed by atoms with Crippen molar-refractivity contribution in [2.45, 2.75) is 64.5 Å². The van der Waals surface area contributed by atoms with E-state index in [9.17, 15) is 23.3 Å². The summed E-state index contributed by atoms with van der Waals surface area (Å²) in [5, 5.41) is 14.4. The Morgan fingerprint density at radius 1 is 1.11 bits per heavy atom. The number of fused-ring (bicyclic) bond motifs is 1. The number of nitrogens with one attached hydrogen (secondary N) is 1. The average molecular weight is 504 g/mol. The number of nitro groups is 1. The molecule has 3 rings (SSSR count). The lowest BCUT2D eigenvalue weighted by molar-refractivity contribution is -0.384. The van der Waals surface area contributed by atoms with Crippen LogP contribution >= 0.6 is 0 Å². The third kappa shape index (κ3) is 5.93. The third-order valence-electron chi connectivity index (χ3n) is 6.44. The number of hydrogen-bond acceptors (Lipinski definition) is 6. The number of hydrogen-bond donors (Lipinski definition) is 1. The molecule has 2 atom stereocenters. The Hall–Kier alpha value is -3.14. The van der Waals surface area contributed by atoms with E-state index in [4.69, 9.17) is 4.74 Å². The van der Waals surface area contributed by atoms with Crippen molar-refractivity contribution in [1.29, 1.82) is 0 Å². The van der Waals surface area contributed by atoms with Gasteiger partial charge in [-0.05, 0) is 61.3 Å². The maximum absolute atomic E-state index is 13.5. The van der Waals surface area contributed by atoms with Crippen LogP contribution in [-0.2, 0) is 27.7 Å². The van der Waals surface area contributed by atoms with E-state index in [1.165, 1.54) is 36.8 Å². The first-order valence-electron chi connectivity index (χ1n) is 11.8. The number of benzene rings is 2. The molecule has 1 aliphatic rings. The number of amides is 1. The van der Waals surface area contributed by atoms with Crippen LogP contribution in [0.2, 0.25) is 0 Å². The quantitative estimate of drug-likeness (QED) is 0.382. The molecule has 2 aromatic carbocycles. The largest absolute Gasteiger partial charge is 0.495 e. The summed E-state index contributed by atoms with van der Waals surface area (Å²) in [7, 11) is -2.66. The minimum absolute atomic E-state index is 0.0481. The number of rotatable bonds is 10. The molecule has 0 fully saturated rings. The number of anilines is 1. The van der Waals surface area contributed by atoms with Crippen LogP contribution in [0.3, 0.4) is 0 Å². The van der Waals surface area contributed by atoms with Crippen molar-refractivity contribution in [1.82, 2.24) is 5.32 Å². The Bertz CT molecular complexity index is 1200. The van der Waals surface area contributed by atoms with E-state index < -0.39 is 26.9 Å². The Balaban J connectivity index is 1.97. The summed E-state index contributed by atoms with van der Waals surface area (Å²) in [4.78, 5) is 24.2. The van der Waals surface area contributed by atoms with Crippen LogP contribution in [0.4, 0.5) is 11.4 Å². The van der Waals surface area contributed by atoms with Gasteiger partial charge in [-0.25, -0.2) is 8.42 Å². The highest BCUT2D eigenvalue weighted by molar-refractivity contribution is 7.92. The van der Waals surface area contributed by atoms with Gasteiger partial charge in [0.2, 0.25) is 15.9 Å². The molecule has 0 heterocycles. The van der Waals surface area contributed by atoms with E-state index in [2.05, 4.69) is 17.4 Å². The molecule has 0 saturated heterocycles. The Kier molecular flexibility index (Phi) is 8.37. The molecule has 35 heavy (non-hydrogen) atoms. The molecule has 0 aliphatic heterocycles. The van der Waals surface area contributed by atoms with Gasteiger partial charge in [0.25, 0.3) is 5.69 Å². The van der Waals surface area contributed by atoms with Crippen molar-refractivity contribution in [2.75, 3.05) is 17.7 Å². The first kappa shape index (κ1) is 26.5.